The number of hydrogen-bond acceptors (Lipinski definition) is 6. The number of carbonyl (C=O) groups excluding carboxylic acids is 1. The number of nitrogens with zero attached hydrogens (tertiary/aromatic N) is 2. The summed E-state index contributed by atoms with van der Waals surface area (Å²) in [6.45, 7) is 1.59. The number of sulfonamides is 1. The summed E-state index contributed by atoms with van der Waals surface area (Å²) in [5, 5.41) is 10.2. The van der Waals surface area contributed by atoms with Crippen LogP contribution in [0.2, 0.25) is 0 Å². The van der Waals surface area contributed by atoms with Gasteiger partial charge in [0.15, 0.2) is 0 Å². The van der Waals surface area contributed by atoms with Gasteiger partial charge >= 0.3 is 0 Å². The van der Waals surface area contributed by atoms with Crippen LogP contribution in [0.1, 0.15) is 40.9 Å². The van der Waals surface area contributed by atoms with Crippen molar-refractivity contribution in [1.29, 1.82) is 0 Å². The minimum atomic E-state index is -3.34. The number of anilines is 1. The van der Waals surface area contributed by atoms with Crippen LogP contribution < -0.4 is 9.46 Å². The molecule has 0 aliphatic carbocycles. The summed E-state index contributed by atoms with van der Waals surface area (Å²) in [6.07, 6.45) is 0.553. The summed E-state index contributed by atoms with van der Waals surface area (Å²) < 4.78 is 31.5. The van der Waals surface area contributed by atoms with Crippen LogP contribution >= 0.6 is 11.3 Å². The summed E-state index contributed by atoms with van der Waals surface area (Å²) in [7, 11) is -1.81. The third-order valence-corrected chi connectivity index (χ3v) is 7.26. The van der Waals surface area contributed by atoms with Crippen molar-refractivity contribution in [2.75, 3.05) is 17.6 Å². The molecular formula is C23H23N3O4S2. The predicted octanol–water partition coefficient (Wildman–Crippen LogP) is 4.51. The molecule has 1 amide bonds. The Hall–Kier alpha value is -3.17. The van der Waals surface area contributed by atoms with E-state index in [0.29, 0.717) is 23.4 Å². The fourth-order valence-corrected chi connectivity index (χ4v) is 4.87. The van der Waals surface area contributed by atoms with E-state index in [1.165, 1.54) is 12.1 Å². The SMILES string of the molecule is CCS(=O)(=O)Nc1ccc(C2=NN(C(=O)c3ccccc3OC)C(c3ccsc3)C2)cc1. The quantitative estimate of drug-likeness (QED) is 0.551. The first-order chi connectivity index (χ1) is 15.4. The number of carbonyl (C=O) groups is 1. The first kappa shape index (κ1) is 22.0. The second-order valence-corrected chi connectivity index (χ2v) is 10.0. The van der Waals surface area contributed by atoms with Crippen LogP contribution in [0, 0.1) is 0 Å². The Bertz CT molecular complexity index is 1240. The second kappa shape index (κ2) is 9.13. The molecule has 1 aliphatic rings. The minimum Gasteiger partial charge on any atom is -0.496 e. The van der Waals surface area contributed by atoms with Crippen LogP contribution in [0.4, 0.5) is 5.69 Å². The zero-order valence-electron chi connectivity index (χ0n) is 17.7. The molecular weight excluding hydrogens is 446 g/mol. The molecule has 1 unspecified atom stereocenters. The molecule has 3 aromatic rings. The van der Waals surface area contributed by atoms with Gasteiger partial charge in [-0.05, 0) is 59.1 Å². The third-order valence-electron chi connectivity index (χ3n) is 5.26. The minimum absolute atomic E-state index is 0.00377. The molecule has 0 fully saturated rings. The smallest absolute Gasteiger partial charge is 0.278 e. The van der Waals surface area contributed by atoms with E-state index in [2.05, 4.69) is 9.82 Å². The largest absolute Gasteiger partial charge is 0.496 e. The molecule has 0 saturated heterocycles. The number of thiophene rings is 1. The molecule has 32 heavy (non-hydrogen) atoms. The van der Waals surface area contributed by atoms with Crippen molar-refractivity contribution in [3.63, 3.8) is 0 Å². The number of amides is 1. The maximum Gasteiger partial charge on any atom is 0.278 e. The van der Waals surface area contributed by atoms with E-state index >= 15 is 0 Å². The summed E-state index contributed by atoms with van der Waals surface area (Å²) in [4.78, 5) is 13.4. The lowest BCUT2D eigenvalue weighted by Gasteiger charge is -2.21. The van der Waals surface area contributed by atoms with E-state index in [1.54, 1.807) is 48.6 Å². The highest BCUT2D eigenvalue weighted by Crippen LogP contribution is 2.36. The van der Waals surface area contributed by atoms with Gasteiger partial charge in [0.25, 0.3) is 5.91 Å². The van der Waals surface area contributed by atoms with Crippen LogP contribution in [-0.4, -0.2) is 37.9 Å². The van der Waals surface area contributed by atoms with Gasteiger partial charge in [-0.1, -0.05) is 24.3 Å². The molecule has 1 N–H and O–H groups in total. The van der Waals surface area contributed by atoms with Crippen LogP contribution in [0.15, 0.2) is 70.5 Å². The second-order valence-electron chi connectivity index (χ2n) is 7.26. The Morgan fingerprint density at radius 2 is 1.94 bits per heavy atom. The van der Waals surface area contributed by atoms with Crippen molar-refractivity contribution in [2.45, 2.75) is 19.4 Å². The van der Waals surface area contributed by atoms with Gasteiger partial charge < -0.3 is 4.74 Å². The maximum atomic E-state index is 13.4. The van der Waals surface area contributed by atoms with Gasteiger partial charge in [0, 0.05) is 12.1 Å². The summed E-state index contributed by atoms with van der Waals surface area (Å²) in [5.41, 5.74) is 3.55. The van der Waals surface area contributed by atoms with Crippen molar-refractivity contribution < 1.29 is 17.9 Å². The van der Waals surface area contributed by atoms with Gasteiger partial charge in [-0.3, -0.25) is 9.52 Å². The summed E-state index contributed by atoms with van der Waals surface area (Å²) >= 11 is 1.57. The Kier molecular flexibility index (Phi) is 6.29. The predicted molar refractivity (Wildman–Crippen MR) is 127 cm³/mol. The Morgan fingerprint density at radius 3 is 2.59 bits per heavy atom. The van der Waals surface area contributed by atoms with Crippen molar-refractivity contribution in [2.24, 2.45) is 5.10 Å². The van der Waals surface area contributed by atoms with E-state index in [1.807, 2.05) is 35.0 Å². The fourth-order valence-electron chi connectivity index (χ4n) is 3.52. The van der Waals surface area contributed by atoms with Crippen LogP contribution in [0.3, 0.4) is 0 Å². The Morgan fingerprint density at radius 1 is 1.19 bits per heavy atom. The van der Waals surface area contributed by atoms with Crippen LogP contribution in [-0.2, 0) is 10.0 Å². The van der Waals surface area contributed by atoms with E-state index < -0.39 is 10.0 Å². The standard InChI is InChI=1S/C23H23N3O4S2/c1-3-32(28,29)25-18-10-8-16(9-11-18)20-14-21(17-12-13-31-15-17)26(24-20)23(27)19-6-4-5-7-22(19)30-2/h4-13,15,21,25H,3,14H2,1-2H3. The molecule has 1 aliphatic heterocycles. The maximum absolute atomic E-state index is 13.4. The van der Waals surface area contributed by atoms with Crippen molar-refractivity contribution in [3.8, 4) is 5.75 Å². The number of hydrogen-bond donors (Lipinski definition) is 1. The van der Waals surface area contributed by atoms with E-state index in [-0.39, 0.29) is 17.7 Å². The molecule has 0 saturated carbocycles. The number of hydrazone groups is 1. The Balaban J connectivity index is 1.66. The van der Waals surface area contributed by atoms with Crippen LogP contribution in [0.25, 0.3) is 0 Å². The molecule has 2 aromatic carbocycles. The lowest BCUT2D eigenvalue weighted by molar-refractivity contribution is 0.0708. The summed E-state index contributed by atoms with van der Waals surface area (Å²) in [5.74, 6) is 0.267. The number of rotatable bonds is 7. The average molecular weight is 470 g/mol. The van der Waals surface area contributed by atoms with Gasteiger partial charge in [-0.25, -0.2) is 13.4 Å². The van der Waals surface area contributed by atoms with Crippen molar-refractivity contribution >= 4 is 38.7 Å². The molecule has 0 spiro atoms. The third kappa shape index (κ3) is 4.53. The molecule has 1 atom stereocenters. The van der Waals surface area contributed by atoms with E-state index in [0.717, 1.165) is 16.8 Å². The molecule has 0 bridgehead atoms. The van der Waals surface area contributed by atoms with Gasteiger partial charge in [-0.15, -0.1) is 0 Å². The van der Waals surface area contributed by atoms with E-state index in [4.69, 9.17) is 4.74 Å². The number of ether oxygens (including phenoxy) is 1. The molecule has 166 valence electrons. The summed E-state index contributed by atoms with van der Waals surface area (Å²) in [6, 6.07) is 15.9. The number of methoxy groups -OCH3 is 1. The molecule has 1 aromatic heterocycles. The van der Waals surface area contributed by atoms with Crippen LogP contribution in [0.5, 0.6) is 5.75 Å². The fraction of sp³-hybridized carbons (Fsp3) is 0.217. The van der Waals surface area contributed by atoms with Gasteiger partial charge in [-0.2, -0.15) is 16.4 Å². The van der Waals surface area contributed by atoms with Crippen molar-refractivity contribution in [3.05, 3.63) is 82.0 Å². The monoisotopic (exact) mass is 469 g/mol. The number of para-hydroxylation sites is 1. The lowest BCUT2D eigenvalue weighted by atomic mass is 10.00. The van der Waals surface area contributed by atoms with Gasteiger partial charge in [0.05, 0.1) is 30.2 Å². The zero-order chi connectivity index (χ0) is 22.7. The highest BCUT2D eigenvalue weighted by atomic mass is 32.2. The average Bonchev–Trinajstić information content (AvgIpc) is 3.49. The van der Waals surface area contributed by atoms with Gasteiger partial charge in [0.2, 0.25) is 10.0 Å². The van der Waals surface area contributed by atoms with Gasteiger partial charge in [0.1, 0.15) is 5.75 Å². The first-order valence-electron chi connectivity index (χ1n) is 10.1. The molecule has 9 heteroatoms. The zero-order valence-corrected chi connectivity index (χ0v) is 19.3. The first-order valence-corrected chi connectivity index (χ1v) is 12.7. The number of benzene rings is 2. The molecule has 2 heterocycles. The highest BCUT2D eigenvalue weighted by molar-refractivity contribution is 7.92. The molecule has 4 rings (SSSR count). The topological polar surface area (TPSA) is 88.1 Å². The highest BCUT2D eigenvalue weighted by Gasteiger charge is 2.34. The molecule has 0 radical (unpaired) electrons. The lowest BCUT2D eigenvalue weighted by Crippen LogP contribution is -2.27. The normalized spacial score (nSPS) is 16.0. The number of nitrogens with one attached hydrogen (secondary N) is 1. The molecule has 7 nitrogen and oxygen atoms in total. The Labute approximate surface area is 191 Å². The van der Waals surface area contributed by atoms with E-state index in [9.17, 15) is 13.2 Å². The van der Waals surface area contributed by atoms with Crippen molar-refractivity contribution in [1.82, 2.24) is 5.01 Å².